The molecule has 1 saturated heterocycles. The van der Waals surface area contributed by atoms with Crippen LogP contribution in [-0.4, -0.2) is 47.3 Å². The van der Waals surface area contributed by atoms with Crippen molar-refractivity contribution in [2.45, 2.75) is 45.1 Å². The minimum absolute atomic E-state index is 0.00739. The number of unbranched alkanes of at least 4 members (excludes halogenated alkanes) is 1. The molecule has 1 aliphatic rings. The maximum absolute atomic E-state index is 12.1. The molecule has 1 atom stereocenters. The summed E-state index contributed by atoms with van der Waals surface area (Å²) in [6.07, 6.45) is 4.52. The van der Waals surface area contributed by atoms with Crippen LogP contribution in [0.4, 0.5) is 0 Å². The van der Waals surface area contributed by atoms with Crippen LogP contribution in [0.3, 0.4) is 0 Å². The van der Waals surface area contributed by atoms with Gasteiger partial charge in [0.15, 0.2) is 0 Å². The number of methoxy groups -OCH3 is 1. The van der Waals surface area contributed by atoms with Gasteiger partial charge in [0.1, 0.15) is 6.10 Å². The molecule has 116 valence electrons. The molecular formula is C15H23N3O3. The van der Waals surface area contributed by atoms with Crippen molar-refractivity contribution in [2.24, 2.45) is 0 Å². The zero-order chi connectivity index (χ0) is 15.1. The van der Waals surface area contributed by atoms with E-state index in [0.29, 0.717) is 24.7 Å². The molecule has 0 aliphatic carbocycles. The molecule has 2 heterocycles. The summed E-state index contributed by atoms with van der Waals surface area (Å²) < 4.78 is 10.8. The molecule has 6 heteroatoms. The van der Waals surface area contributed by atoms with Gasteiger partial charge in [0, 0.05) is 25.1 Å². The molecule has 0 aromatic carbocycles. The number of carbonyl (C=O) groups excluding carboxylic acids is 1. The van der Waals surface area contributed by atoms with Crippen molar-refractivity contribution in [3.05, 3.63) is 12.1 Å². The Morgan fingerprint density at radius 1 is 1.38 bits per heavy atom. The number of rotatable bonds is 6. The van der Waals surface area contributed by atoms with Crippen LogP contribution >= 0.6 is 0 Å². The van der Waals surface area contributed by atoms with E-state index in [1.165, 1.54) is 0 Å². The van der Waals surface area contributed by atoms with Gasteiger partial charge in [0.2, 0.25) is 17.7 Å². The normalized spacial score (nSPS) is 18.4. The number of ether oxygens (including phenoxy) is 2. The number of hydrogen-bond donors (Lipinski definition) is 0. The summed E-state index contributed by atoms with van der Waals surface area (Å²) in [6, 6.07) is 3.46. The van der Waals surface area contributed by atoms with Crippen molar-refractivity contribution in [1.82, 2.24) is 15.1 Å². The Balaban J connectivity index is 1.86. The summed E-state index contributed by atoms with van der Waals surface area (Å²) in [5, 5.41) is 7.84. The quantitative estimate of drug-likeness (QED) is 0.803. The molecule has 1 aromatic rings. The molecule has 1 aliphatic heterocycles. The van der Waals surface area contributed by atoms with E-state index in [4.69, 9.17) is 9.47 Å². The summed E-state index contributed by atoms with van der Waals surface area (Å²) in [4.78, 5) is 14.0. The van der Waals surface area contributed by atoms with E-state index >= 15 is 0 Å². The number of likely N-dealkylation sites (tertiary alicyclic amines) is 1. The highest BCUT2D eigenvalue weighted by Crippen LogP contribution is 2.18. The minimum atomic E-state index is -0.00739. The average molecular weight is 293 g/mol. The molecule has 1 aromatic heterocycles. The van der Waals surface area contributed by atoms with Crippen LogP contribution in [0.2, 0.25) is 0 Å². The van der Waals surface area contributed by atoms with Gasteiger partial charge in [-0.05, 0) is 19.3 Å². The SMILES string of the molecule is CCCCC(=O)N1CCCC(Oc2ccc(OC)nn2)C1. The molecule has 1 unspecified atom stereocenters. The van der Waals surface area contributed by atoms with Gasteiger partial charge in [-0.3, -0.25) is 4.79 Å². The van der Waals surface area contributed by atoms with E-state index in [0.717, 1.165) is 32.2 Å². The number of hydrogen-bond acceptors (Lipinski definition) is 5. The highest BCUT2D eigenvalue weighted by atomic mass is 16.5. The Kier molecular flexibility index (Phi) is 5.78. The van der Waals surface area contributed by atoms with Gasteiger partial charge in [-0.15, -0.1) is 10.2 Å². The van der Waals surface area contributed by atoms with Crippen LogP contribution in [0, 0.1) is 0 Å². The van der Waals surface area contributed by atoms with Gasteiger partial charge >= 0.3 is 0 Å². The predicted molar refractivity (Wildman–Crippen MR) is 78.3 cm³/mol. The fraction of sp³-hybridized carbons (Fsp3) is 0.667. The Labute approximate surface area is 125 Å². The first-order chi connectivity index (χ1) is 10.2. The number of aromatic nitrogens is 2. The molecule has 6 nitrogen and oxygen atoms in total. The smallest absolute Gasteiger partial charge is 0.233 e. The van der Waals surface area contributed by atoms with E-state index in [1.807, 2.05) is 4.90 Å². The van der Waals surface area contributed by atoms with Crippen LogP contribution in [0.5, 0.6) is 11.8 Å². The maximum Gasteiger partial charge on any atom is 0.233 e. The molecule has 0 bridgehead atoms. The topological polar surface area (TPSA) is 64.6 Å². The third kappa shape index (κ3) is 4.58. The van der Waals surface area contributed by atoms with Crippen LogP contribution in [0.15, 0.2) is 12.1 Å². The third-order valence-corrected chi connectivity index (χ3v) is 3.59. The van der Waals surface area contributed by atoms with Crippen molar-refractivity contribution < 1.29 is 14.3 Å². The molecule has 21 heavy (non-hydrogen) atoms. The monoisotopic (exact) mass is 293 g/mol. The van der Waals surface area contributed by atoms with Crippen molar-refractivity contribution in [1.29, 1.82) is 0 Å². The van der Waals surface area contributed by atoms with Crippen molar-refractivity contribution >= 4 is 5.91 Å². The van der Waals surface area contributed by atoms with Crippen molar-refractivity contribution in [3.8, 4) is 11.8 Å². The summed E-state index contributed by atoms with van der Waals surface area (Å²) in [5.41, 5.74) is 0. The van der Waals surface area contributed by atoms with E-state index < -0.39 is 0 Å². The lowest BCUT2D eigenvalue weighted by atomic mass is 10.1. The number of nitrogens with zero attached hydrogens (tertiary/aromatic N) is 3. The summed E-state index contributed by atoms with van der Waals surface area (Å²) >= 11 is 0. The average Bonchev–Trinajstić information content (AvgIpc) is 2.53. The molecule has 1 fully saturated rings. The number of amides is 1. The van der Waals surface area contributed by atoms with Gasteiger partial charge in [-0.1, -0.05) is 13.3 Å². The second-order valence-corrected chi connectivity index (χ2v) is 5.24. The van der Waals surface area contributed by atoms with Crippen molar-refractivity contribution in [3.63, 3.8) is 0 Å². The van der Waals surface area contributed by atoms with E-state index in [9.17, 15) is 4.79 Å². The molecule has 0 spiro atoms. The molecule has 0 N–H and O–H groups in total. The summed E-state index contributed by atoms with van der Waals surface area (Å²) in [5.74, 6) is 1.16. The van der Waals surface area contributed by atoms with Gasteiger partial charge < -0.3 is 14.4 Å². The lowest BCUT2D eigenvalue weighted by Crippen LogP contribution is -2.44. The Bertz CT molecular complexity index is 450. The maximum atomic E-state index is 12.1. The third-order valence-electron chi connectivity index (χ3n) is 3.59. The fourth-order valence-electron chi connectivity index (χ4n) is 2.40. The molecule has 2 rings (SSSR count). The fourth-order valence-corrected chi connectivity index (χ4v) is 2.40. The van der Waals surface area contributed by atoms with Crippen LogP contribution in [-0.2, 0) is 4.79 Å². The minimum Gasteiger partial charge on any atom is -0.480 e. The Morgan fingerprint density at radius 2 is 2.14 bits per heavy atom. The first-order valence-electron chi connectivity index (χ1n) is 7.55. The largest absolute Gasteiger partial charge is 0.480 e. The van der Waals surface area contributed by atoms with Gasteiger partial charge in [0.05, 0.1) is 13.7 Å². The van der Waals surface area contributed by atoms with Gasteiger partial charge in [0.25, 0.3) is 0 Å². The predicted octanol–water partition coefficient (Wildman–Crippen LogP) is 2.05. The van der Waals surface area contributed by atoms with Crippen molar-refractivity contribution in [2.75, 3.05) is 20.2 Å². The molecule has 0 saturated carbocycles. The molecular weight excluding hydrogens is 270 g/mol. The van der Waals surface area contributed by atoms with Gasteiger partial charge in [-0.2, -0.15) is 0 Å². The Hall–Kier alpha value is -1.85. The highest BCUT2D eigenvalue weighted by Gasteiger charge is 2.24. The second kappa shape index (κ2) is 7.81. The second-order valence-electron chi connectivity index (χ2n) is 5.24. The van der Waals surface area contributed by atoms with Crippen LogP contribution < -0.4 is 9.47 Å². The molecule has 0 radical (unpaired) electrons. The zero-order valence-electron chi connectivity index (χ0n) is 12.7. The number of piperidine rings is 1. The lowest BCUT2D eigenvalue weighted by Gasteiger charge is -2.32. The zero-order valence-corrected chi connectivity index (χ0v) is 12.7. The first-order valence-corrected chi connectivity index (χ1v) is 7.55. The number of carbonyl (C=O) groups is 1. The first kappa shape index (κ1) is 15.5. The lowest BCUT2D eigenvalue weighted by molar-refractivity contribution is -0.134. The van der Waals surface area contributed by atoms with E-state index in [1.54, 1.807) is 19.2 Å². The Morgan fingerprint density at radius 3 is 2.81 bits per heavy atom. The molecule has 1 amide bonds. The highest BCUT2D eigenvalue weighted by molar-refractivity contribution is 5.76. The van der Waals surface area contributed by atoms with E-state index in [-0.39, 0.29) is 12.0 Å². The van der Waals surface area contributed by atoms with Gasteiger partial charge in [-0.25, -0.2) is 0 Å². The van der Waals surface area contributed by atoms with Crippen LogP contribution in [0.25, 0.3) is 0 Å². The van der Waals surface area contributed by atoms with Crippen LogP contribution in [0.1, 0.15) is 39.0 Å². The summed E-state index contributed by atoms with van der Waals surface area (Å²) in [6.45, 7) is 3.56. The summed E-state index contributed by atoms with van der Waals surface area (Å²) in [7, 11) is 1.55. The standard InChI is InChI=1S/C15H23N3O3/c1-3-4-7-15(19)18-10-5-6-12(11-18)21-14-9-8-13(20-2)16-17-14/h8-9,12H,3-7,10-11H2,1-2H3. The van der Waals surface area contributed by atoms with E-state index in [2.05, 4.69) is 17.1 Å².